The molecule has 0 spiro atoms. The van der Waals surface area contributed by atoms with Crippen molar-refractivity contribution in [1.29, 1.82) is 0 Å². The number of hydrogen-bond donors (Lipinski definition) is 2. The number of imidazole rings is 1. The number of H-pyrrole nitrogens is 1. The molecular weight excluding hydrogens is 362 g/mol. The predicted octanol–water partition coefficient (Wildman–Crippen LogP) is 4.58. The minimum atomic E-state index is -0.453. The molecule has 1 amide bonds. The zero-order valence-electron chi connectivity index (χ0n) is 16.1. The third kappa shape index (κ3) is 3.20. The van der Waals surface area contributed by atoms with Crippen LogP contribution in [0.15, 0.2) is 48.8 Å². The molecule has 1 aliphatic rings. The Kier molecular flexibility index (Phi) is 4.39. The van der Waals surface area contributed by atoms with E-state index in [1.165, 1.54) is 25.3 Å². The van der Waals surface area contributed by atoms with Crippen molar-refractivity contribution in [2.75, 3.05) is 0 Å². The number of primary amides is 1. The van der Waals surface area contributed by atoms with Crippen molar-refractivity contribution in [3.8, 4) is 11.4 Å². The van der Waals surface area contributed by atoms with Crippen LogP contribution in [-0.4, -0.2) is 25.4 Å². The highest BCUT2D eigenvalue weighted by Gasteiger charge is 2.24. The highest BCUT2D eigenvalue weighted by Crippen LogP contribution is 2.38. The maximum Gasteiger partial charge on any atom is 0.241 e. The van der Waals surface area contributed by atoms with Crippen molar-refractivity contribution in [3.05, 3.63) is 54.4 Å². The lowest BCUT2D eigenvalue weighted by Crippen LogP contribution is -2.14. The molecule has 5 rings (SSSR count). The van der Waals surface area contributed by atoms with Gasteiger partial charge in [-0.25, -0.2) is 9.97 Å². The first-order valence-corrected chi connectivity index (χ1v) is 10.1. The smallest absolute Gasteiger partial charge is 0.241 e. The van der Waals surface area contributed by atoms with Gasteiger partial charge in [0.1, 0.15) is 17.0 Å². The average Bonchev–Trinajstić information content (AvgIpc) is 3.37. The monoisotopic (exact) mass is 385 g/mol. The molecule has 3 heterocycles. The van der Waals surface area contributed by atoms with E-state index in [1.807, 2.05) is 24.5 Å². The fourth-order valence-corrected chi connectivity index (χ4v) is 4.45. The van der Waals surface area contributed by atoms with Crippen molar-refractivity contribution in [3.63, 3.8) is 0 Å². The number of carbonyl (C=O) groups is 1. The van der Waals surface area contributed by atoms with E-state index >= 15 is 0 Å². The Morgan fingerprint density at radius 1 is 1.21 bits per heavy atom. The first-order valence-electron chi connectivity index (χ1n) is 10.1. The zero-order valence-corrected chi connectivity index (χ0v) is 16.1. The minimum absolute atomic E-state index is 0.425. The van der Waals surface area contributed by atoms with Crippen LogP contribution in [0, 0.1) is 0 Å². The molecule has 0 unspecified atom stereocenters. The van der Waals surface area contributed by atoms with E-state index in [1.54, 1.807) is 6.08 Å². The second-order valence-electron chi connectivity index (χ2n) is 7.69. The maximum absolute atomic E-state index is 11.1. The number of aromatic amines is 1. The molecule has 0 atom stereocenters. The second kappa shape index (κ2) is 7.20. The Labute approximate surface area is 168 Å². The Morgan fingerprint density at radius 2 is 2.07 bits per heavy atom. The number of benzene rings is 1. The molecule has 3 N–H and O–H groups in total. The molecule has 0 radical (unpaired) electrons. The van der Waals surface area contributed by atoms with Crippen LogP contribution in [0.5, 0.6) is 0 Å². The van der Waals surface area contributed by atoms with Crippen LogP contribution in [0.4, 0.5) is 0 Å². The molecule has 1 saturated carbocycles. The molecular formula is C23H23N5O. The average molecular weight is 385 g/mol. The summed E-state index contributed by atoms with van der Waals surface area (Å²) in [6.07, 6.45) is 13.0. The summed E-state index contributed by atoms with van der Waals surface area (Å²) < 4.78 is 2.42. The summed E-state index contributed by atoms with van der Waals surface area (Å²) in [6.45, 7) is 0. The van der Waals surface area contributed by atoms with Crippen LogP contribution in [0.2, 0.25) is 0 Å². The van der Waals surface area contributed by atoms with E-state index in [0.29, 0.717) is 6.04 Å². The summed E-state index contributed by atoms with van der Waals surface area (Å²) in [5.41, 5.74) is 10.2. The molecule has 0 aliphatic heterocycles. The standard InChI is InChI=1S/C23H23N5O/c24-20(29)10-9-15-5-4-6-16(13-15)23-27-19-14-26-22-18(11-12-25-22)21(19)28(23)17-7-2-1-3-8-17/h4-6,9-14,17H,1-3,7-8H2,(H2,24,29)(H,25,26)/b10-9+. The molecule has 6 heteroatoms. The van der Waals surface area contributed by atoms with Gasteiger partial charge >= 0.3 is 0 Å². The lowest BCUT2D eigenvalue weighted by Gasteiger charge is -2.26. The number of aromatic nitrogens is 4. The van der Waals surface area contributed by atoms with Crippen LogP contribution in [0.3, 0.4) is 0 Å². The molecule has 1 aromatic carbocycles. The van der Waals surface area contributed by atoms with Gasteiger partial charge in [0, 0.05) is 29.3 Å². The fraction of sp³-hybridized carbons (Fsp3) is 0.261. The van der Waals surface area contributed by atoms with E-state index in [4.69, 9.17) is 10.7 Å². The van der Waals surface area contributed by atoms with Gasteiger partial charge in [0.2, 0.25) is 5.91 Å². The highest BCUT2D eigenvalue weighted by atomic mass is 16.1. The number of nitrogens with two attached hydrogens (primary N) is 1. The van der Waals surface area contributed by atoms with Gasteiger partial charge in [-0.15, -0.1) is 0 Å². The number of fused-ring (bicyclic) bond motifs is 3. The van der Waals surface area contributed by atoms with E-state index in [9.17, 15) is 4.79 Å². The van der Waals surface area contributed by atoms with Gasteiger partial charge in [0.25, 0.3) is 0 Å². The van der Waals surface area contributed by atoms with Gasteiger partial charge in [0.05, 0.1) is 11.7 Å². The molecule has 1 fully saturated rings. The van der Waals surface area contributed by atoms with E-state index in [-0.39, 0.29) is 0 Å². The number of rotatable bonds is 4. The number of nitrogens with zero attached hydrogens (tertiary/aromatic N) is 3. The summed E-state index contributed by atoms with van der Waals surface area (Å²) in [5.74, 6) is 0.502. The predicted molar refractivity (Wildman–Crippen MR) is 115 cm³/mol. The number of carbonyl (C=O) groups excluding carboxylic acids is 1. The summed E-state index contributed by atoms with van der Waals surface area (Å²) in [4.78, 5) is 23.9. The lowest BCUT2D eigenvalue weighted by molar-refractivity contribution is -0.113. The molecule has 146 valence electrons. The van der Waals surface area contributed by atoms with Gasteiger partial charge in [-0.05, 0) is 36.6 Å². The van der Waals surface area contributed by atoms with Gasteiger partial charge in [0.15, 0.2) is 0 Å². The third-order valence-electron chi connectivity index (χ3n) is 5.76. The number of nitrogens with one attached hydrogen (secondary N) is 1. The first-order chi connectivity index (χ1) is 14.2. The van der Waals surface area contributed by atoms with Crippen LogP contribution >= 0.6 is 0 Å². The number of pyridine rings is 1. The summed E-state index contributed by atoms with van der Waals surface area (Å²) in [5, 5.41) is 1.11. The quantitative estimate of drug-likeness (QED) is 0.504. The maximum atomic E-state index is 11.1. The van der Waals surface area contributed by atoms with Crippen LogP contribution in [0.1, 0.15) is 43.7 Å². The molecule has 4 aromatic rings. The van der Waals surface area contributed by atoms with Crippen molar-refractivity contribution in [2.24, 2.45) is 5.73 Å². The molecule has 0 saturated heterocycles. The minimum Gasteiger partial charge on any atom is -0.366 e. The molecule has 3 aromatic heterocycles. The summed E-state index contributed by atoms with van der Waals surface area (Å²) in [6, 6.07) is 10.6. The van der Waals surface area contributed by atoms with Crippen LogP contribution < -0.4 is 5.73 Å². The van der Waals surface area contributed by atoms with Crippen molar-refractivity contribution in [1.82, 2.24) is 19.5 Å². The normalized spacial score (nSPS) is 15.6. The van der Waals surface area contributed by atoms with Crippen LogP contribution in [-0.2, 0) is 4.79 Å². The van der Waals surface area contributed by atoms with Crippen LogP contribution in [0.25, 0.3) is 39.5 Å². The number of amides is 1. The third-order valence-corrected chi connectivity index (χ3v) is 5.76. The first kappa shape index (κ1) is 17.7. The second-order valence-corrected chi connectivity index (χ2v) is 7.69. The topological polar surface area (TPSA) is 89.6 Å². The molecule has 0 bridgehead atoms. The largest absolute Gasteiger partial charge is 0.366 e. The van der Waals surface area contributed by atoms with Gasteiger partial charge in [-0.2, -0.15) is 0 Å². The Hall–Kier alpha value is -3.41. The highest BCUT2D eigenvalue weighted by molar-refractivity contribution is 6.02. The van der Waals surface area contributed by atoms with E-state index < -0.39 is 5.91 Å². The van der Waals surface area contributed by atoms with Gasteiger partial charge < -0.3 is 15.3 Å². The van der Waals surface area contributed by atoms with Crippen molar-refractivity contribution < 1.29 is 4.79 Å². The van der Waals surface area contributed by atoms with Gasteiger partial charge in [-0.3, -0.25) is 4.79 Å². The Balaban J connectivity index is 1.73. The SMILES string of the molecule is NC(=O)/C=C/c1cccc(-c2nc3cnc4[nH]ccc4c3n2C2CCCCC2)c1. The Morgan fingerprint density at radius 3 is 2.90 bits per heavy atom. The van der Waals surface area contributed by atoms with E-state index in [0.717, 1.165) is 51.9 Å². The van der Waals surface area contributed by atoms with E-state index in [2.05, 4.69) is 32.7 Å². The van der Waals surface area contributed by atoms with Crippen molar-refractivity contribution in [2.45, 2.75) is 38.1 Å². The number of hydrogen-bond acceptors (Lipinski definition) is 3. The van der Waals surface area contributed by atoms with Crippen molar-refractivity contribution >= 4 is 34.1 Å². The molecule has 1 aliphatic carbocycles. The van der Waals surface area contributed by atoms with Gasteiger partial charge in [-0.1, -0.05) is 37.5 Å². The lowest BCUT2D eigenvalue weighted by atomic mass is 9.94. The molecule has 6 nitrogen and oxygen atoms in total. The fourth-order valence-electron chi connectivity index (χ4n) is 4.45. The summed E-state index contributed by atoms with van der Waals surface area (Å²) >= 11 is 0. The summed E-state index contributed by atoms with van der Waals surface area (Å²) in [7, 11) is 0. The molecule has 29 heavy (non-hydrogen) atoms. The zero-order chi connectivity index (χ0) is 19.8. The Bertz CT molecular complexity index is 1230.